The van der Waals surface area contributed by atoms with E-state index in [0.29, 0.717) is 24.6 Å². The van der Waals surface area contributed by atoms with Crippen LogP contribution in [0, 0.1) is 0 Å². The quantitative estimate of drug-likeness (QED) is 0.593. The van der Waals surface area contributed by atoms with E-state index in [-0.39, 0.29) is 24.8 Å². The number of aliphatic hydroxyl groups is 2. The van der Waals surface area contributed by atoms with Gasteiger partial charge < -0.3 is 24.5 Å². The number of carbonyl (C=O) groups excluding carboxylic acids is 1. The van der Waals surface area contributed by atoms with Crippen molar-refractivity contribution in [3.8, 4) is 11.3 Å². The highest BCUT2D eigenvalue weighted by atomic mass is 16.5. The Morgan fingerprint density at radius 3 is 2.56 bits per heavy atom. The van der Waals surface area contributed by atoms with Crippen molar-refractivity contribution >= 4 is 5.91 Å². The maximum absolute atomic E-state index is 11.9. The minimum Gasteiger partial charge on any atom is -0.428 e. The van der Waals surface area contributed by atoms with Crippen LogP contribution in [0.25, 0.3) is 11.3 Å². The van der Waals surface area contributed by atoms with Crippen molar-refractivity contribution in [3.63, 3.8) is 0 Å². The van der Waals surface area contributed by atoms with Gasteiger partial charge in [0.1, 0.15) is 0 Å². The van der Waals surface area contributed by atoms with E-state index < -0.39 is 0 Å². The van der Waals surface area contributed by atoms with E-state index in [4.69, 9.17) is 19.2 Å². The first-order valence-electron chi connectivity index (χ1n) is 7.51. The lowest BCUT2D eigenvalue weighted by molar-refractivity contribution is 0.0944. The molecule has 0 saturated heterocycles. The highest BCUT2D eigenvalue weighted by Gasteiger charge is 2.13. The Balaban J connectivity index is 0.000000511. The number of benzene rings is 1. The van der Waals surface area contributed by atoms with Crippen LogP contribution in [0.2, 0.25) is 0 Å². The fraction of sp³-hybridized carbons (Fsp3) is 0.250. The van der Waals surface area contributed by atoms with Crippen LogP contribution in [0.3, 0.4) is 0 Å². The summed E-state index contributed by atoms with van der Waals surface area (Å²) in [6.45, 7) is 0.133. The molecule has 9 nitrogen and oxygen atoms in total. The Kier molecular flexibility index (Phi) is 7.29. The Hall–Kier alpha value is -3.04. The number of hydrogen-bond acceptors (Lipinski definition) is 8. The number of amides is 1. The molecule has 3 N–H and O–H groups in total. The minimum atomic E-state index is -0.305. The van der Waals surface area contributed by atoms with Crippen LogP contribution in [0.5, 0.6) is 0 Å². The predicted molar refractivity (Wildman–Crippen MR) is 86.4 cm³/mol. The van der Waals surface area contributed by atoms with Crippen LogP contribution < -0.4 is 5.32 Å². The van der Waals surface area contributed by atoms with Gasteiger partial charge in [0.25, 0.3) is 5.91 Å². The van der Waals surface area contributed by atoms with Gasteiger partial charge in [0, 0.05) is 24.6 Å². The van der Waals surface area contributed by atoms with Gasteiger partial charge >= 0.3 is 0 Å². The zero-order valence-electron chi connectivity index (χ0n) is 13.3. The topological polar surface area (TPSA) is 135 Å². The van der Waals surface area contributed by atoms with Crippen molar-refractivity contribution in [1.29, 1.82) is 0 Å². The summed E-state index contributed by atoms with van der Waals surface area (Å²) in [5.41, 5.74) is 1.11. The smallest absolute Gasteiger partial charge is 0.273 e. The first-order chi connectivity index (χ1) is 12.2. The number of aromatic nitrogens is 3. The van der Waals surface area contributed by atoms with Gasteiger partial charge in [0.15, 0.2) is 11.5 Å². The fourth-order valence-corrected chi connectivity index (χ4v) is 1.80. The number of nitrogens with zero attached hydrogens (tertiary/aromatic N) is 3. The molecule has 0 spiro atoms. The fourth-order valence-electron chi connectivity index (χ4n) is 1.80. The molecule has 0 fully saturated rings. The maximum atomic E-state index is 11.9. The second-order valence-electron chi connectivity index (χ2n) is 4.73. The van der Waals surface area contributed by atoms with E-state index >= 15 is 0 Å². The summed E-state index contributed by atoms with van der Waals surface area (Å²) in [6, 6.07) is 11.1. The predicted octanol–water partition coefficient (Wildman–Crippen LogP) is 0.668. The molecule has 1 amide bonds. The lowest BCUT2D eigenvalue weighted by Gasteiger charge is -1.99. The molecule has 0 saturated carbocycles. The van der Waals surface area contributed by atoms with Crippen molar-refractivity contribution in [2.75, 3.05) is 19.8 Å². The molecule has 0 radical (unpaired) electrons. The van der Waals surface area contributed by atoms with Gasteiger partial charge in [-0.1, -0.05) is 35.5 Å². The molecule has 0 bridgehead atoms. The van der Waals surface area contributed by atoms with Gasteiger partial charge in [-0.05, 0) is 0 Å². The van der Waals surface area contributed by atoms with Crippen molar-refractivity contribution < 1.29 is 23.9 Å². The number of carbonyl (C=O) groups is 1. The Labute approximate surface area is 143 Å². The first kappa shape index (κ1) is 18.3. The number of hydrogen-bond donors (Lipinski definition) is 3. The molecule has 0 aliphatic rings. The molecule has 1 aromatic carbocycles. The van der Waals surface area contributed by atoms with Crippen molar-refractivity contribution in [2.45, 2.75) is 6.42 Å². The zero-order valence-corrected chi connectivity index (χ0v) is 13.3. The van der Waals surface area contributed by atoms with Crippen molar-refractivity contribution in [3.05, 3.63) is 54.4 Å². The molecule has 0 unspecified atom stereocenters. The first-order valence-corrected chi connectivity index (χ1v) is 7.51. The van der Waals surface area contributed by atoms with Crippen LogP contribution >= 0.6 is 0 Å². The minimum absolute atomic E-state index is 0.125. The molecule has 2 heterocycles. The standard InChI is InChI=1S/C14H12N4O3.C2H6O2/c19-14(15-7-6-13-17-16-9-20-13)11-8-12(21-18-11)10-4-2-1-3-5-10;3-1-2-4/h1-5,8-9H,6-7H2,(H,15,19);3-4H,1-2H2. The molecule has 3 rings (SSSR count). The molecule has 25 heavy (non-hydrogen) atoms. The van der Waals surface area contributed by atoms with Gasteiger partial charge in [-0.3, -0.25) is 4.79 Å². The second-order valence-corrected chi connectivity index (χ2v) is 4.73. The monoisotopic (exact) mass is 346 g/mol. The highest BCUT2D eigenvalue weighted by Crippen LogP contribution is 2.19. The van der Waals surface area contributed by atoms with Gasteiger partial charge in [0.05, 0.1) is 13.2 Å². The summed E-state index contributed by atoms with van der Waals surface area (Å²) in [6.07, 6.45) is 1.72. The van der Waals surface area contributed by atoms with Crippen molar-refractivity contribution in [2.24, 2.45) is 0 Å². The SMILES string of the molecule is O=C(NCCc1nnco1)c1cc(-c2ccccc2)on1.OCCO. The van der Waals surface area contributed by atoms with E-state index in [2.05, 4.69) is 20.7 Å². The van der Waals surface area contributed by atoms with Crippen molar-refractivity contribution in [1.82, 2.24) is 20.7 Å². The summed E-state index contributed by atoms with van der Waals surface area (Å²) in [4.78, 5) is 11.9. The van der Waals surface area contributed by atoms with E-state index in [9.17, 15) is 4.79 Å². The molecule has 9 heteroatoms. The molecular weight excluding hydrogens is 328 g/mol. The summed E-state index contributed by atoms with van der Waals surface area (Å²) >= 11 is 0. The number of nitrogens with one attached hydrogen (secondary N) is 1. The summed E-state index contributed by atoms with van der Waals surface area (Å²) in [5.74, 6) is 0.721. The summed E-state index contributed by atoms with van der Waals surface area (Å²) in [5, 5.41) is 29.0. The van der Waals surface area contributed by atoms with Gasteiger partial charge in [-0.25, -0.2) is 0 Å². The third-order valence-corrected chi connectivity index (χ3v) is 2.93. The molecule has 0 atom stereocenters. The van der Waals surface area contributed by atoms with Crippen LogP contribution in [-0.4, -0.2) is 51.2 Å². The lowest BCUT2D eigenvalue weighted by atomic mass is 10.1. The molecule has 0 aliphatic heterocycles. The van der Waals surface area contributed by atoms with Crippen LogP contribution in [0.15, 0.2) is 51.7 Å². The third kappa shape index (κ3) is 5.83. The van der Waals surface area contributed by atoms with Gasteiger partial charge in [0.2, 0.25) is 12.3 Å². The molecule has 3 aromatic rings. The van der Waals surface area contributed by atoms with E-state index in [1.54, 1.807) is 6.07 Å². The average molecular weight is 346 g/mol. The van der Waals surface area contributed by atoms with E-state index in [0.717, 1.165) is 5.56 Å². The van der Waals surface area contributed by atoms with Crippen LogP contribution in [0.1, 0.15) is 16.4 Å². The Bertz CT molecular complexity index is 741. The van der Waals surface area contributed by atoms with Crippen LogP contribution in [-0.2, 0) is 6.42 Å². The van der Waals surface area contributed by atoms with Crippen LogP contribution in [0.4, 0.5) is 0 Å². The zero-order chi connectivity index (χ0) is 17.9. The molecule has 132 valence electrons. The summed E-state index contributed by atoms with van der Waals surface area (Å²) < 4.78 is 10.1. The Morgan fingerprint density at radius 1 is 1.16 bits per heavy atom. The molecular formula is C16H18N4O5. The molecule has 0 aliphatic carbocycles. The van der Waals surface area contributed by atoms with E-state index in [1.807, 2.05) is 30.3 Å². The average Bonchev–Trinajstić information content (AvgIpc) is 3.34. The largest absolute Gasteiger partial charge is 0.428 e. The third-order valence-electron chi connectivity index (χ3n) is 2.93. The number of aliphatic hydroxyl groups excluding tert-OH is 2. The highest BCUT2D eigenvalue weighted by molar-refractivity contribution is 5.93. The van der Waals surface area contributed by atoms with E-state index in [1.165, 1.54) is 6.39 Å². The Morgan fingerprint density at radius 2 is 1.92 bits per heavy atom. The van der Waals surface area contributed by atoms with Gasteiger partial charge in [-0.2, -0.15) is 0 Å². The number of rotatable bonds is 6. The molecule has 2 aromatic heterocycles. The second kappa shape index (κ2) is 9.96. The lowest BCUT2D eigenvalue weighted by Crippen LogP contribution is -2.26. The summed E-state index contributed by atoms with van der Waals surface area (Å²) in [7, 11) is 0. The van der Waals surface area contributed by atoms with Gasteiger partial charge in [-0.15, -0.1) is 10.2 Å². The maximum Gasteiger partial charge on any atom is 0.273 e. The normalized spacial score (nSPS) is 10.0.